The minimum Gasteiger partial charge on any atom is -0.352 e. The first kappa shape index (κ1) is 28.7. The lowest BCUT2D eigenvalue weighted by molar-refractivity contribution is -0.141. The maximum absolute atomic E-state index is 13.5. The van der Waals surface area contributed by atoms with Crippen LogP contribution in [0.4, 0.5) is 0 Å². The van der Waals surface area contributed by atoms with Crippen LogP contribution < -0.4 is 5.32 Å². The van der Waals surface area contributed by atoms with Crippen molar-refractivity contribution in [2.24, 2.45) is 0 Å². The van der Waals surface area contributed by atoms with Gasteiger partial charge in [-0.3, -0.25) is 9.59 Å². The first-order chi connectivity index (χ1) is 17.0. The third-order valence-electron chi connectivity index (χ3n) is 6.35. The molecule has 196 valence electrons. The van der Waals surface area contributed by atoms with Gasteiger partial charge in [-0.2, -0.15) is 4.31 Å². The standard InChI is InChI=1S/C25H30Cl3N3O4S/c1-17(25(33)29-21-6-4-3-5-7-21)31(15-18-8-9-20(27)14-23(18)28)24(32)16-30(2)36(34,35)22-12-10-19(26)11-13-22/h8-14,17,21H,3-7,15-16H2,1-2H3,(H,29,33)/t17-/m1/s1. The van der Waals surface area contributed by atoms with Gasteiger partial charge in [-0.15, -0.1) is 0 Å². The van der Waals surface area contributed by atoms with Gasteiger partial charge in [0.1, 0.15) is 6.04 Å². The smallest absolute Gasteiger partial charge is 0.243 e. The Morgan fingerprint density at radius 3 is 2.22 bits per heavy atom. The molecule has 2 amide bonds. The highest BCUT2D eigenvalue weighted by atomic mass is 35.5. The highest BCUT2D eigenvalue weighted by molar-refractivity contribution is 7.89. The average molecular weight is 575 g/mol. The summed E-state index contributed by atoms with van der Waals surface area (Å²) in [6.07, 6.45) is 5.05. The van der Waals surface area contributed by atoms with E-state index in [1.807, 2.05) is 0 Å². The number of nitrogens with zero attached hydrogens (tertiary/aromatic N) is 2. The summed E-state index contributed by atoms with van der Waals surface area (Å²) in [5, 5.41) is 4.24. The molecule has 0 spiro atoms. The molecule has 0 radical (unpaired) electrons. The Morgan fingerprint density at radius 1 is 1.00 bits per heavy atom. The molecule has 36 heavy (non-hydrogen) atoms. The molecule has 1 saturated carbocycles. The summed E-state index contributed by atoms with van der Waals surface area (Å²) in [4.78, 5) is 27.9. The van der Waals surface area contributed by atoms with Crippen LogP contribution in [0.3, 0.4) is 0 Å². The SMILES string of the molecule is C[C@H](C(=O)NC1CCCCC1)N(Cc1ccc(Cl)cc1Cl)C(=O)CN(C)S(=O)(=O)c1ccc(Cl)cc1. The van der Waals surface area contributed by atoms with Gasteiger partial charge in [-0.25, -0.2) is 8.42 Å². The van der Waals surface area contributed by atoms with Crippen LogP contribution in [0.5, 0.6) is 0 Å². The number of nitrogens with one attached hydrogen (secondary N) is 1. The molecule has 11 heteroatoms. The number of carbonyl (C=O) groups excluding carboxylic acids is 2. The van der Waals surface area contributed by atoms with E-state index in [2.05, 4.69) is 5.32 Å². The molecule has 1 atom stereocenters. The number of rotatable bonds is 9. The first-order valence-electron chi connectivity index (χ1n) is 11.7. The van der Waals surface area contributed by atoms with Crippen molar-refractivity contribution < 1.29 is 18.0 Å². The van der Waals surface area contributed by atoms with Crippen LogP contribution in [0.2, 0.25) is 15.1 Å². The van der Waals surface area contributed by atoms with E-state index in [4.69, 9.17) is 34.8 Å². The van der Waals surface area contributed by atoms with E-state index in [1.54, 1.807) is 25.1 Å². The quantitative estimate of drug-likeness (QED) is 0.450. The van der Waals surface area contributed by atoms with Crippen LogP contribution in [0.15, 0.2) is 47.4 Å². The second-order valence-electron chi connectivity index (χ2n) is 8.99. The molecule has 2 aromatic carbocycles. The molecule has 3 rings (SSSR count). The summed E-state index contributed by atoms with van der Waals surface area (Å²) in [7, 11) is -2.63. The molecule has 0 bridgehead atoms. The van der Waals surface area contributed by atoms with Crippen molar-refractivity contribution in [1.82, 2.24) is 14.5 Å². The zero-order valence-electron chi connectivity index (χ0n) is 20.2. The maximum Gasteiger partial charge on any atom is 0.243 e. The molecule has 0 saturated heterocycles. The van der Waals surface area contributed by atoms with Gasteiger partial charge >= 0.3 is 0 Å². The van der Waals surface area contributed by atoms with Gasteiger partial charge in [-0.1, -0.05) is 60.1 Å². The Hall–Kier alpha value is -1.84. The molecular formula is C25H30Cl3N3O4S. The monoisotopic (exact) mass is 573 g/mol. The lowest BCUT2D eigenvalue weighted by Crippen LogP contribution is -2.52. The van der Waals surface area contributed by atoms with Gasteiger partial charge in [-0.05, 0) is 61.7 Å². The molecule has 0 unspecified atom stereocenters. The summed E-state index contributed by atoms with van der Waals surface area (Å²) in [6.45, 7) is 1.19. The fourth-order valence-electron chi connectivity index (χ4n) is 4.14. The van der Waals surface area contributed by atoms with Gasteiger partial charge in [0, 0.05) is 34.7 Å². The number of hydrogen-bond donors (Lipinski definition) is 1. The van der Waals surface area contributed by atoms with Crippen LogP contribution in [-0.2, 0) is 26.2 Å². The van der Waals surface area contributed by atoms with Crippen LogP contribution >= 0.6 is 34.8 Å². The van der Waals surface area contributed by atoms with Gasteiger partial charge in [0.15, 0.2) is 0 Å². The summed E-state index contributed by atoms with van der Waals surface area (Å²) >= 11 is 18.2. The van der Waals surface area contributed by atoms with E-state index in [0.29, 0.717) is 20.6 Å². The molecular weight excluding hydrogens is 545 g/mol. The Bertz CT molecular complexity index is 1190. The molecule has 0 heterocycles. The predicted octanol–water partition coefficient (Wildman–Crippen LogP) is 5.13. The van der Waals surface area contributed by atoms with E-state index in [-0.39, 0.29) is 23.4 Å². The van der Waals surface area contributed by atoms with Crippen LogP contribution in [0, 0.1) is 0 Å². The van der Waals surface area contributed by atoms with Gasteiger partial charge in [0.25, 0.3) is 0 Å². The Balaban J connectivity index is 1.82. The van der Waals surface area contributed by atoms with E-state index >= 15 is 0 Å². The summed E-state index contributed by atoms with van der Waals surface area (Å²) in [5.74, 6) is -0.823. The van der Waals surface area contributed by atoms with Gasteiger partial charge in [0.05, 0.1) is 11.4 Å². The minimum atomic E-state index is -3.96. The molecule has 0 aliphatic heterocycles. The lowest BCUT2D eigenvalue weighted by Gasteiger charge is -2.32. The highest BCUT2D eigenvalue weighted by Gasteiger charge is 2.31. The van der Waals surface area contributed by atoms with Crippen molar-refractivity contribution >= 4 is 56.6 Å². The molecule has 1 fully saturated rings. The van der Waals surface area contributed by atoms with E-state index < -0.39 is 28.5 Å². The van der Waals surface area contributed by atoms with Crippen molar-refractivity contribution in [3.8, 4) is 0 Å². The van der Waals surface area contributed by atoms with Gasteiger partial charge < -0.3 is 10.2 Å². The second-order valence-corrected chi connectivity index (χ2v) is 12.3. The average Bonchev–Trinajstić information content (AvgIpc) is 2.84. The van der Waals surface area contributed by atoms with Crippen LogP contribution in [0.25, 0.3) is 0 Å². The summed E-state index contributed by atoms with van der Waals surface area (Å²) in [6, 6.07) is 9.81. The Kier molecular flexibility index (Phi) is 10.1. The van der Waals surface area contributed by atoms with Crippen LogP contribution in [-0.4, -0.2) is 55.1 Å². The fourth-order valence-corrected chi connectivity index (χ4v) is 5.85. The third-order valence-corrected chi connectivity index (χ3v) is 9.01. The van der Waals surface area contributed by atoms with Crippen LogP contribution in [0.1, 0.15) is 44.6 Å². The van der Waals surface area contributed by atoms with E-state index in [9.17, 15) is 18.0 Å². The minimum absolute atomic E-state index is 0.0117. The van der Waals surface area contributed by atoms with Gasteiger partial charge in [0.2, 0.25) is 21.8 Å². The molecule has 0 aromatic heterocycles. The Morgan fingerprint density at radius 2 is 1.61 bits per heavy atom. The van der Waals surface area contributed by atoms with E-state index in [1.165, 1.54) is 36.2 Å². The van der Waals surface area contributed by atoms with Crippen molar-refractivity contribution in [1.29, 1.82) is 0 Å². The topological polar surface area (TPSA) is 86.8 Å². The second kappa shape index (κ2) is 12.6. The number of likely N-dealkylation sites (N-methyl/N-ethyl adjacent to an activating group) is 1. The largest absolute Gasteiger partial charge is 0.352 e. The predicted molar refractivity (Wildman–Crippen MR) is 143 cm³/mol. The number of amides is 2. The fraction of sp³-hybridized carbons (Fsp3) is 0.440. The van der Waals surface area contributed by atoms with Crippen molar-refractivity contribution in [2.75, 3.05) is 13.6 Å². The first-order valence-corrected chi connectivity index (χ1v) is 14.3. The van der Waals surface area contributed by atoms with Crippen molar-refractivity contribution in [3.05, 3.63) is 63.1 Å². The normalized spacial score (nSPS) is 15.5. The number of halogens is 3. The van der Waals surface area contributed by atoms with Crippen molar-refractivity contribution in [2.45, 2.75) is 62.6 Å². The lowest BCUT2D eigenvalue weighted by atomic mass is 9.95. The number of carbonyl (C=O) groups is 2. The zero-order valence-corrected chi connectivity index (χ0v) is 23.3. The van der Waals surface area contributed by atoms with Crippen molar-refractivity contribution in [3.63, 3.8) is 0 Å². The number of benzene rings is 2. The highest BCUT2D eigenvalue weighted by Crippen LogP contribution is 2.24. The molecule has 2 aromatic rings. The summed E-state index contributed by atoms with van der Waals surface area (Å²) in [5.41, 5.74) is 0.593. The molecule has 1 aliphatic rings. The zero-order chi connectivity index (χ0) is 26.5. The Labute approximate surface area is 227 Å². The molecule has 7 nitrogen and oxygen atoms in total. The maximum atomic E-state index is 13.5. The molecule has 1 aliphatic carbocycles. The van der Waals surface area contributed by atoms with E-state index in [0.717, 1.165) is 36.4 Å². The summed E-state index contributed by atoms with van der Waals surface area (Å²) < 4.78 is 27.0. The number of sulfonamides is 1. The third kappa shape index (κ3) is 7.35. The number of hydrogen-bond acceptors (Lipinski definition) is 4. The molecule has 1 N–H and O–H groups in total.